The van der Waals surface area contributed by atoms with Crippen LogP contribution < -0.4 is 19.7 Å². The lowest BCUT2D eigenvalue weighted by Crippen LogP contribution is -2.52. The van der Waals surface area contributed by atoms with E-state index >= 15 is 0 Å². The standard InChI is InChI=1S/C56H50Cl3N6O10P/c1-2-69-55(27-29-64(30-28-55)39-24-21-37(57)22-25-39)74-50-49(75-76(67)68)46(33-70-56(36-15-7-4-8-16-36)40-17-9-11-19-43(40)71-44-20-12-10-18-41(44)56)73-53(50)65-34-60-48-51(65)62-54(61-47(66)31-35-13-5-3-6-14-35)63-52(48)72-45-32-38(58)23-26-42(45)59/h3-26,32,34,46,49-50,53,67-68H,2,27-31,33H2,1H3,(H,61,62,63,66)/t46-,49-,50-,53-/m1/s1. The van der Waals surface area contributed by atoms with Gasteiger partial charge in [-0.1, -0.05) is 132 Å². The maximum absolute atomic E-state index is 13.7. The summed E-state index contributed by atoms with van der Waals surface area (Å²) in [5.41, 5.74) is 3.05. The number of hydrogen-bond donors (Lipinski definition) is 3. The molecule has 0 bridgehead atoms. The number of amides is 1. The number of aromatic nitrogens is 4. The SMILES string of the molecule is CCOC1(O[C@@H]2[C@H](OP(O)O)[C@@H](COC3(c4ccccc4)c4ccccc4Oc4ccccc43)O[C@H]2n2cnc3c(Oc4cc(Cl)ccc4Cl)nc(NC(=O)Cc4ccccc4)nc32)CCN(c2ccc(Cl)cc2)CC1. The Labute approximate surface area is 454 Å². The number of hydrogen-bond acceptors (Lipinski definition) is 14. The Bertz CT molecular complexity index is 3290. The van der Waals surface area contributed by atoms with Crippen LogP contribution in [0, 0.1) is 0 Å². The molecule has 4 atom stereocenters. The predicted octanol–water partition coefficient (Wildman–Crippen LogP) is 11.8. The fourth-order valence-electron chi connectivity index (χ4n) is 10.2. The van der Waals surface area contributed by atoms with E-state index in [1.165, 1.54) is 12.4 Å². The molecule has 0 radical (unpaired) electrons. The summed E-state index contributed by atoms with van der Waals surface area (Å²) in [5.74, 6) is -0.478. The van der Waals surface area contributed by atoms with Crippen LogP contribution in [0.5, 0.6) is 23.1 Å². The molecule has 390 valence electrons. The van der Waals surface area contributed by atoms with Gasteiger partial charge >= 0.3 is 8.60 Å². The van der Waals surface area contributed by atoms with Crippen LogP contribution in [0.25, 0.3) is 11.2 Å². The summed E-state index contributed by atoms with van der Waals surface area (Å²) in [6, 6.07) is 46.8. The summed E-state index contributed by atoms with van der Waals surface area (Å²) in [5, 5.41) is 4.05. The molecule has 6 aromatic carbocycles. The van der Waals surface area contributed by atoms with E-state index in [-0.39, 0.29) is 53.4 Å². The number of imidazole rings is 1. The van der Waals surface area contributed by atoms with Crippen molar-refractivity contribution in [1.82, 2.24) is 19.5 Å². The van der Waals surface area contributed by atoms with Crippen LogP contribution in [0.2, 0.25) is 15.1 Å². The first-order valence-electron chi connectivity index (χ1n) is 24.6. The second kappa shape index (κ2) is 22.4. The highest BCUT2D eigenvalue weighted by molar-refractivity contribution is 7.39. The summed E-state index contributed by atoms with van der Waals surface area (Å²) in [7, 11) is -3.04. The number of rotatable bonds is 17. The Morgan fingerprint density at radius 1 is 0.789 bits per heavy atom. The van der Waals surface area contributed by atoms with Gasteiger partial charge in [-0.05, 0) is 66.6 Å². The van der Waals surface area contributed by atoms with Crippen molar-refractivity contribution in [3.63, 3.8) is 0 Å². The second-order valence-electron chi connectivity index (χ2n) is 18.3. The molecule has 3 aliphatic heterocycles. The molecule has 16 nitrogen and oxygen atoms in total. The van der Waals surface area contributed by atoms with Crippen LogP contribution in [0.1, 0.15) is 48.2 Å². The third-order valence-electron chi connectivity index (χ3n) is 13.6. The number of carbonyl (C=O) groups excluding carboxylic acids is 1. The molecule has 1 amide bonds. The Morgan fingerprint density at radius 3 is 2.13 bits per heavy atom. The van der Waals surface area contributed by atoms with E-state index in [4.69, 9.17) is 77.7 Å². The first-order valence-corrected chi connectivity index (χ1v) is 26.9. The summed E-state index contributed by atoms with van der Waals surface area (Å²) in [4.78, 5) is 52.0. The molecular weight excluding hydrogens is 1050 g/mol. The quantitative estimate of drug-likeness (QED) is 0.0579. The summed E-state index contributed by atoms with van der Waals surface area (Å²) >= 11 is 19.3. The van der Waals surface area contributed by atoms with E-state index in [2.05, 4.69) is 15.2 Å². The highest BCUT2D eigenvalue weighted by Gasteiger charge is 2.55. The Balaban J connectivity index is 1.03. The van der Waals surface area contributed by atoms with E-state index in [0.29, 0.717) is 47.5 Å². The molecule has 0 spiro atoms. The molecular formula is C56H50Cl3N6O10P. The van der Waals surface area contributed by atoms with Gasteiger partial charge < -0.3 is 47.6 Å². The van der Waals surface area contributed by atoms with E-state index in [0.717, 1.165) is 27.9 Å². The zero-order valence-corrected chi connectivity index (χ0v) is 43.9. The number of piperidine rings is 1. The largest absolute Gasteiger partial charge is 0.457 e. The minimum absolute atomic E-state index is 0.0198. The zero-order valence-electron chi connectivity index (χ0n) is 40.7. The van der Waals surface area contributed by atoms with Crippen molar-refractivity contribution in [3.05, 3.63) is 195 Å². The van der Waals surface area contributed by atoms with Crippen LogP contribution in [0.15, 0.2) is 158 Å². The number of halogens is 3. The second-order valence-corrected chi connectivity index (χ2v) is 20.3. The fraction of sp³-hybridized carbons (Fsp3) is 0.250. The van der Waals surface area contributed by atoms with Crippen molar-refractivity contribution < 1.29 is 47.5 Å². The third-order valence-corrected chi connectivity index (χ3v) is 14.8. The molecule has 2 aromatic heterocycles. The van der Waals surface area contributed by atoms with Crippen LogP contribution in [-0.2, 0) is 40.3 Å². The van der Waals surface area contributed by atoms with Crippen molar-refractivity contribution >= 4 is 72.1 Å². The summed E-state index contributed by atoms with van der Waals surface area (Å²) < 4.78 is 49.1. The predicted molar refractivity (Wildman–Crippen MR) is 288 cm³/mol. The van der Waals surface area contributed by atoms with E-state index in [1.807, 2.05) is 140 Å². The van der Waals surface area contributed by atoms with Gasteiger partial charge in [0.25, 0.3) is 5.88 Å². The van der Waals surface area contributed by atoms with Gasteiger partial charge in [0, 0.05) is 65.5 Å². The Hall–Kier alpha value is -6.24. The first-order chi connectivity index (χ1) is 37.0. The molecule has 11 rings (SSSR count). The molecule has 0 saturated carbocycles. The highest BCUT2D eigenvalue weighted by atomic mass is 35.5. The highest BCUT2D eigenvalue weighted by Crippen LogP contribution is 2.53. The maximum atomic E-state index is 13.7. The molecule has 2 fully saturated rings. The number of ether oxygens (including phenoxy) is 6. The molecule has 3 aliphatic rings. The minimum atomic E-state index is -3.04. The molecule has 2 saturated heterocycles. The number of fused-ring (bicyclic) bond motifs is 3. The van der Waals surface area contributed by atoms with E-state index in [9.17, 15) is 14.6 Å². The van der Waals surface area contributed by atoms with Crippen molar-refractivity contribution in [3.8, 4) is 23.1 Å². The molecule has 76 heavy (non-hydrogen) atoms. The van der Waals surface area contributed by atoms with Gasteiger partial charge in [0.05, 0.1) is 24.4 Å². The van der Waals surface area contributed by atoms with Gasteiger partial charge in [0.15, 0.2) is 28.8 Å². The van der Waals surface area contributed by atoms with Gasteiger partial charge in [-0.25, -0.2) is 4.98 Å². The van der Waals surface area contributed by atoms with Crippen LogP contribution in [0.3, 0.4) is 0 Å². The number of para-hydroxylation sites is 2. The van der Waals surface area contributed by atoms with Crippen LogP contribution in [0.4, 0.5) is 11.6 Å². The van der Waals surface area contributed by atoms with Gasteiger partial charge in [-0.2, -0.15) is 9.97 Å². The number of carbonyl (C=O) groups is 1. The Kier molecular flexibility index (Phi) is 15.3. The van der Waals surface area contributed by atoms with Crippen molar-refractivity contribution in [2.75, 3.05) is 36.5 Å². The third kappa shape index (κ3) is 10.6. The number of benzene rings is 6. The van der Waals surface area contributed by atoms with E-state index in [1.54, 1.807) is 16.7 Å². The lowest BCUT2D eigenvalue weighted by molar-refractivity contribution is -0.284. The number of anilines is 2. The number of nitrogens with one attached hydrogen (secondary N) is 1. The van der Waals surface area contributed by atoms with Crippen molar-refractivity contribution in [1.29, 1.82) is 0 Å². The smallest absolute Gasteiger partial charge is 0.327 e. The van der Waals surface area contributed by atoms with Crippen LogP contribution >= 0.6 is 43.4 Å². The van der Waals surface area contributed by atoms with Crippen molar-refractivity contribution in [2.45, 2.75) is 62.1 Å². The molecule has 0 aliphatic carbocycles. The van der Waals surface area contributed by atoms with Gasteiger partial charge in [-0.15, -0.1) is 0 Å². The lowest BCUT2D eigenvalue weighted by atomic mass is 9.77. The van der Waals surface area contributed by atoms with Crippen molar-refractivity contribution in [2.24, 2.45) is 0 Å². The lowest BCUT2D eigenvalue weighted by Gasteiger charge is -2.44. The average molecular weight is 1100 g/mol. The first kappa shape index (κ1) is 51.8. The monoisotopic (exact) mass is 1100 g/mol. The normalized spacial score (nSPS) is 19.5. The van der Waals surface area contributed by atoms with Gasteiger partial charge in [-0.3, -0.25) is 14.7 Å². The summed E-state index contributed by atoms with van der Waals surface area (Å²) in [6.07, 6.45) is -2.41. The minimum Gasteiger partial charge on any atom is -0.457 e. The van der Waals surface area contributed by atoms with Crippen LogP contribution in [-0.4, -0.2) is 85.6 Å². The molecule has 0 unspecified atom stereocenters. The topological polar surface area (TPSA) is 181 Å². The average Bonchev–Trinajstić information content (AvgIpc) is 4.03. The van der Waals surface area contributed by atoms with E-state index < -0.39 is 50.4 Å². The zero-order chi connectivity index (χ0) is 52.4. The number of nitrogens with zero attached hydrogens (tertiary/aromatic N) is 5. The van der Waals surface area contributed by atoms with Gasteiger partial charge in [0.1, 0.15) is 35.6 Å². The maximum Gasteiger partial charge on any atom is 0.327 e. The summed E-state index contributed by atoms with van der Waals surface area (Å²) in [6.45, 7) is 3.04. The molecule has 5 heterocycles. The Morgan fingerprint density at radius 2 is 1.45 bits per heavy atom. The van der Waals surface area contributed by atoms with Gasteiger partial charge in [0.2, 0.25) is 11.9 Å². The molecule has 8 aromatic rings. The molecule has 20 heteroatoms. The molecule has 3 N–H and O–H groups in total. The fourth-order valence-corrected chi connectivity index (χ4v) is 11.1.